The van der Waals surface area contributed by atoms with Crippen molar-refractivity contribution in [3.63, 3.8) is 0 Å². The number of rotatable bonds is 6. The summed E-state index contributed by atoms with van der Waals surface area (Å²) in [6, 6.07) is 31.5. The molecule has 0 bridgehead atoms. The largest absolute Gasteiger partial charge is 0.266 e. The standard InChI is InChI=1S/C35H38N2/c1-24-17-26(3)32(27(4)18-24)21-36-23-37(22-33-28(5)19-25(2)20-29(33)6)35(31-15-11-8-12-16-31)34(36)30-13-9-7-10-14-30/h7-20,34-35H,21-22H2,1-6H3/t34-,35-/m1/s1. The van der Waals surface area contributed by atoms with Crippen LogP contribution in [0, 0.1) is 48.2 Å². The van der Waals surface area contributed by atoms with E-state index in [4.69, 9.17) is 0 Å². The summed E-state index contributed by atoms with van der Waals surface area (Å²) in [5.74, 6) is 0. The summed E-state index contributed by atoms with van der Waals surface area (Å²) in [5, 5.41) is 0. The highest BCUT2D eigenvalue weighted by Gasteiger charge is 2.43. The molecule has 4 aromatic carbocycles. The van der Waals surface area contributed by atoms with Gasteiger partial charge in [0.1, 0.15) is 6.67 Å². The molecule has 0 amide bonds. The molecule has 0 spiro atoms. The van der Waals surface area contributed by atoms with E-state index in [0.717, 1.165) is 13.1 Å². The monoisotopic (exact) mass is 486 g/mol. The van der Waals surface area contributed by atoms with Gasteiger partial charge in [0.15, 0.2) is 0 Å². The van der Waals surface area contributed by atoms with Gasteiger partial charge in [-0.25, -0.2) is 0 Å². The van der Waals surface area contributed by atoms with Crippen molar-refractivity contribution in [2.45, 2.75) is 66.7 Å². The molecule has 1 aliphatic rings. The predicted molar refractivity (Wildman–Crippen MR) is 154 cm³/mol. The highest BCUT2D eigenvalue weighted by Crippen LogP contribution is 2.47. The second kappa shape index (κ2) is 10.7. The maximum Gasteiger partial charge on any atom is 0.148 e. The van der Waals surface area contributed by atoms with E-state index >= 15 is 0 Å². The zero-order valence-corrected chi connectivity index (χ0v) is 23.0. The first-order valence-electron chi connectivity index (χ1n) is 13.3. The van der Waals surface area contributed by atoms with Crippen molar-refractivity contribution < 1.29 is 0 Å². The summed E-state index contributed by atoms with van der Waals surface area (Å²) in [6.07, 6.45) is 0. The second-order valence-corrected chi connectivity index (χ2v) is 10.8. The molecule has 0 aromatic heterocycles. The van der Waals surface area contributed by atoms with Gasteiger partial charge >= 0.3 is 0 Å². The van der Waals surface area contributed by atoms with E-state index in [-0.39, 0.29) is 12.1 Å². The summed E-state index contributed by atoms with van der Waals surface area (Å²) in [7, 11) is 0. The van der Waals surface area contributed by atoms with E-state index < -0.39 is 0 Å². The lowest BCUT2D eigenvalue weighted by atomic mass is 9.91. The van der Waals surface area contributed by atoms with Crippen LogP contribution >= 0.6 is 0 Å². The van der Waals surface area contributed by atoms with Gasteiger partial charge < -0.3 is 0 Å². The van der Waals surface area contributed by atoms with Crippen LogP contribution in [0.1, 0.15) is 67.7 Å². The fourth-order valence-electron chi connectivity index (χ4n) is 6.18. The minimum absolute atomic E-state index is 0.162. The van der Waals surface area contributed by atoms with Crippen LogP contribution in [0.5, 0.6) is 0 Å². The summed E-state index contributed by atoms with van der Waals surface area (Å²) in [4.78, 5) is 4.91. The number of hydrogen-bond acceptors (Lipinski definition) is 2. The lowest BCUT2D eigenvalue weighted by Gasteiger charge is -2.30. The molecular formula is C35H38N2. The van der Waals surface area contributed by atoms with Crippen LogP contribution in [-0.2, 0) is 13.1 Å². The summed E-state index contributed by atoms with van der Waals surface area (Å²) >= 11 is 0. The third kappa shape index (κ3) is 5.28. The summed E-state index contributed by atoms with van der Waals surface area (Å²) in [6.45, 7) is 18.9. The van der Waals surface area contributed by atoms with Gasteiger partial charge in [-0.15, -0.1) is 0 Å². The zero-order chi connectivity index (χ0) is 26.1. The van der Waals surface area contributed by atoms with Gasteiger partial charge in [0.2, 0.25) is 0 Å². The average molecular weight is 487 g/mol. The molecule has 2 atom stereocenters. The molecule has 4 aromatic rings. The molecule has 0 saturated carbocycles. The Kier molecular flexibility index (Phi) is 7.33. The molecule has 1 saturated heterocycles. The Bertz CT molecular complexity index is 1220. The van der Waals surface area contributed by atoms with Crippen LogP contribution in [0.15, 0.2) is 84.9 Å². The van der Waals surface area contributed by atoms with Crippen LogP contribution in [-0.4, -0.2) is 9.80 Å². The molecule has 1 aliphatic heterocycles. The van der Waals surface area contributed by atoms with Gasteiger partial charge in [-0.2, -0.15) is 0 Å². The number of nitrogens with zero attached hydrogens (tertiary/aromatic N) is 2. The lowest BCUT2D eigenvalue weighted by molar-refractivity contribution is 0.262. The first kappa shape index (κ1) is 25.4. The molecule has 5 rings (SSSR count). The SMILES string of the molecule is Cc1cc(C)c(CN2[C]N(Cc3c(C)cc(C)cc3C)[C@H](c3ccccc3)[C@H]2c2ccccc2)c(C)c1. The maximum absolute atomic E-state index is 3.89. The fourth-order valence-corrected chi connectivity index (χ4v) is 6.18. The van der Waals surface area contributed by atoms with Crippen LogP contribution in [0.4, 0.5) is 0 Å². The van der Waals surface area contributed by atoms with E-state index in [1.807, 2.05) is 0 Å². The quantitative estimate of drug-likeness (QED) is 0.270. The Morgan fingerprint density at radius 2 is 0.838 bits per heavy atom. The smallest absolute Gasteiger partial charge is 0.148 e. The molecule has 2 heteroatoms. The molecule has 0 N–H and O–H groups in total. The Balaban J connectivity index is 1.61. The average Bonchev–Trinajstić information content (AvgIpc) is 3.22. The third-order valence-electron chi connectivity index (χ3n) is 7.85. The number of hydrogen-bond donors (Lipinski definition) is 0. The van der Waals surface area contributed by atoms with E-state index in [9.17, 15) is 0 Å². The van der Waals surface area contributed by atoms with Crippen LogP contribution in [0.2, 0.25) is 0 Å². The Morgan fingerprint density at radius 1 is 0.514 bits per heavy atom. The molecule has 2 radical (unpaired) electrons. The zero-order valence-electron chi connectivity index (χ0n) is 23.0. The van der Waals surface area contributed by atoms with Gasteiger partial charge in [0.25, 0.3) is 0 Å². The van der Waals surface area contributed by atoms with Gasteiger partial charge in [-0.1, -0.05) is 96.1 Å². The van der Waals surface area contributed by atoms with Crippen LogP contribution < -0.4 is 0 Å². The van der Waals surface area contributed by atoms with Crippen molar-refractivity contribution in [3.05, 3.63) is 147 Å². The normalized spacial score (nSPS) is 18.4. The maximum atomic E-state index is 3.89. The number of benzene rings is 4. The van der Waals surface area contributed by atoms with Gasteiger partial charge in [0.05, 0.1) is 12.1 Å². The predicted octanol–water partition coefficient (Wildman–Crippen LogP) is 8.33. The van der Waals surface area contributed by atoms with Crippen molar-refractivity contribution in [2.75, 3.05) is 0 Å². The number of aryl methyl sites for hydroxylation is 6. The molecule has 188 valence electrons. The van der Waals surface area contributed by atoms with Crippen molar-refractivity contribution in [1.82, 2.24) is 9.80 Å². The fraction of sp³-hybridized carbons (Fsp3) is 0.286. The Labute approximate surface area is 223 Å². The van der Waals surface area contributed by atoms with E-state index in [1.54, 1.807) is 0 Å². The topological polar surface area (TPSA) is 6.48 Å². The van der Waals surface area contributed by atoms with E-state index in [0.29, 0.717) is 0 Å². The molecule has 1 fully saturated rings. The van der Waals surface area contributed by atoms with E-state index in [1.165, 1.54) is 55.6 Å². The Morgan fingerprint density at radius 3 is 1.16 bits per heavy atom. The first-order valence-corrected chi connectivity index (χ1v) is 13.3. The minimum Gasteiger partial charge on any atom is -0.266 e. The van der Waals surface area contributed by atoms with Crippen molar-refractivity contribution >= 4 is 0 Å². The molecule has 1 heterocycles. The highest BCUT2D eigenvalue weighted by molar-refractivity contribution is 5.40. The van der Waals surface area contributed by atoms with Gasteiger partial charge in [-0.3, -0.25) is 9.80 Å². The van der Waals surface area contributed by atoms with E-state index in [2.05, 4.69) is 143 Å². The molecule has 0 unspecified atom stereocenters. The molecule has 0 aliphatic carbocycles. The minimum atomic E-state index is 0.162. The van der Waals surface area contributed by atoms with Gasteiger partial charge in [0, 0.05) is 13.1 Å². The van der Waals surface area contributed by atoms with Crippen molar-refractivity contribution in [2.24, 2.45) is 0 Å². The lowest BCUT2D eigenvalue weighted by Crippen LogP contribution is -2.24. The summed E-state index contributed by atoms with van der Waals surface area (Å²) in [5.41, 5.74) is 13.5. The van der Waals surface area contributed by atoms with Crippen LogP contribution in [0.25, 0.3) is 0 Å². The molecule has 2 nitrogen and oxygen atoms in total. The van der Waals surface area contributed by atoms with Crippen molar-refractivity contribution in [3.8, 4) is 0 Å². The molecular weight excluding hydrogens is 448 g/mol. The summed E-state index contributed by atoms with van der Waals surface area (Å²) < 4.78 is 0. The second-order valence-electron chi connectivity index (χ2n) is 10.8. The third-order valence-corrected chi connectivity index (χ3v) is 7.85. The van der Waals surface area contributed by atoms with Gasteiger partial charge in [-0.05, 0) is 86.1 Å². The highest BCUT2D eigenvalue weighted by atomic mass is 15.4. The van der Waals surface area contributed by atoms with Crippen molar-refractivity contribution in [1.29, 1.82) is 0 Å². The Hall–Kier alpha value is -3.20. The first-order chi connectivity index (χ1) is 17.8. The van der Waals surface area contributed by atoms with Crippen LogP contribution in [0.3, 0.4) is 0 Å². The molecule has 37 heavy (non-hydrogen) atoms.